The molecule has 1 aromatic heterocycles. The molecule has 0 aliphatic rings. The van der Waals surface area contributed by atoms with Gasteiger partial charge in [-0.3, -0.25) is 0 Å². The van der Waals surface area contributed by atoms with Gasteiger partial charge in [0.1, 0.15) is 0 Å². The number of benzene rings is 12. The molecule has 2 nitrogen and oxygen atoms in total. The Balaban J connectivity index is 1.10. The summed E-state index contributed by atoms with van der Waals surface area (Å²) in [6.07, 6.45) is 0. The van der Waals surface area contributed by atoms with E-state index in [1.165, 1.54) is 71.2 Å². The highest BCUT2D eigenvalue weighted by molar-refractivity contribution is 6.21. The first-order valence-corrected chi connectivity index (χ1v) is 24.1. The molecule has 0 aliphatic carbocycles. The highest BCUT2D eigenvalue weighted by Crippen LogP contribution is 2.49. The van der Waals surface area contributed by atoms with Crippen molar-refractivity contribution in [2.75, 3.05) is 4.90 Å². The van der Waals surface area contributed by atoms with Gasteiger partial charge in [-0.15, -0.1) is 0 Å². The molecule has 0 spiro atoms. The molecule has 13 aromatic rings. The van der Waals surface area contributed by atoms with Crippen molar-refractivity contribution >= 4 is 60.4 Å². The number of hydrogen-bond donors (Lipinski definition) is 0. The second-order valence-electron chi connectivity index (χ2n) is 18.0. The van der Waals surface area contributed by atoms with Crippen LogP contribution < -0.4 is 4.90 Å². The lowest BCUT2D eigenvalue weighted by atomic mass is 9.90. The molecule has 2 heteroatoms. The first-order chi connectivity index (χ1) is 34.8. The summed E-state index contributed by atoms with van der Waals surface area (Å²) in [5.74, 6) is 0. The average molecular weight is 891 g/mol. The van der Waals surface area contributed by atoms with Crippen molar-refractivity contribution in [1.29, 1.82) is 0 Å². The predicted octanol–water partition coefficient (Wildman–Crippen LogP) is 18.9. The van der Waals surface area contributed by atoms with Crippen molar-refractivity contribution in [2.45, 2.75) is 0 Å². The lowest BCUT2D eigenvalue weighted by Crippen LogP contribution is -2.13. The summed E-state index contributed by atoms with van der Waals surface area (Å²) in [5, 5.41) is 7.43. The van der Waals surface area contributed by atoms with Gasteiger partial charge in [-0.25, -0.2) is 0 Å². The van der Waals surface area contributed by atoms with Crippen molar-refractivity contribution in [3.8, 4) is 61.3 Å². The number of hydrogen-bond acceptors (Lipinski definition) is 1. The van der Waals surface area contributed by atoms with Crippen molar-refractivity contribution in [3.05, 3.63) is 279 Å². The summed E-state index contributed by atoms with van der Waals surface area (Å²) >= 11 is 0. The van der Waals surface area contributed by atoms with Crippen LogP contribution in [0.2, 0.25) is 0 Å². The molecule has 0 fully saturated rings. The molecule has 0 bridgehead atoms. The average Bonchev–Trinajstić information content (AvgIpc) is 3.78. The normalized spacial score (nSPS) is 11.4. The second kappa shape index (κ2) is 17.4. The second-order valence-corrected chi connectivity index (χ2v) is 18.0. The van der Waals surface area contributed by atoms with Crippen molar-refractivity contribution in [2.24, 2.45) is 0 Å². The Morgan fingerprint density at radius 1 is 0.257 bits per heavy atom. The van der Waals surface area contributed by atoms with Crippen LogP contribution in [0.15, 0.2) is 279 Å². The number of anilines is 3. The van der Waals surface area contributed by atoms with Gasteiger partial charge in [-0.1, -0.05) is 231 Å². The topological polar surface area (TPSA) is 8.17 Å². The van der Waals surface area contributed by atoms with E-state index in [1.54, 1.807) is 0 Å². The van der Waals surface area contributed by atoms with Gasteiger partial charge in [-0.05, 0) is 109 Å². The van der Waals surface area contributed by atoms with Gasteiger partial charge in [-0.2, -0.15) is 0 Å². The zero-order chi connectivity index (χ0) is 46.4. The van der Waals surface area contributed by atoms with Crippen LogP contribution in [0.1, 0.15) is 0 Å². The zero-order valence-corrected chi connectivity index (χ0v) is 38.5. The Kier molecular flexibility index (Phi) is 10.2. The van der Waals surface area contributed by atoms with Crippen LogP contribution in [0, 0.1) is 0 Å². The van der Waals surface area contributed by atoms with Crippen molar-refractivity contribution in [1.82, 2.24) is 4.57 Å². The van der Waals surface area contributed by atoms with Crippen LogP contribution >= 0.6 is 0 Å². The maximum atomic E-state index is 2.51. The van der Waals surface area contributed by atoms with E-state index in [-0.39, 0.29) is 0 Å². The maximum Gasteiger partial charge on any atom is 0.0547 e. The molecule has 0 saturated carbocycles. The highest BCUT2D eigenvalue weighted by Gasteiger charge is 2.25. The molecule has 0 amide bonds. The fourth-order valence-corrected chi connectivity index (χ4v) is 10.8. The molecular formula is C68H46N2. The van der Waals surface area contributed by atoms with E-state index < -0.39 is 0 Å². The molecule has 0 N–H and O–H groups in total. The van der Waals surface area contributed by atoms with Crippen LogP contribution in [0.25, 0.3) is 105 Å². The first kappa shape index (κ1) is 41.0. The Labute approximate surface area is 408 Å². The van der Waals surface area contributed by atoms with Gasteiger partial charge in [0, 0.05) is 33.2 Å². The summed E-state index contributed by atoms with van der Waals surface area (Å²) in [4.78, 5) is 2.51. The molecular weight excluding hydrogens is 845 g/mol. The predicted molar refractivity (Wildman–Crippen MR) is 298 cm³/mol. The monoisotopic (exact) mass is 890 g/mol. The minimum atomic E-state index is 1.06. The van der Waals surface area contributed by atoms with Gasteiger partial charge in [0.2, 0.25) is 0 Å². The molecule has 328 valence electrons. The maximum absolute atomic E-state index is 2.51. The molecule has 12 aromatic carbocycles. The smallest absolute Gasteiger partial charge is 0.0547 e. The van der Waals surface area contributed by atoms with Crippen LogP contribution in [0.3, 0.4) is 0 Å². The van der Waals surface area contributed by atoms with E-state index in [9.17, 15) is 0 Å². The Hall–Kier alpha value is -9.24. The minimum Gasteiger partial charge on any atom is -0.309 e. The van der Waals surface area contributed by atoms with Crippen LogP contribution in [-0.4, -0.2) is 4.57 Å². The molecule has 0 saturated heterocycles. The van der Waals surface area contributed by atoms with Gasteiger partial charge < -0.3 is 9.47 Å². The summed E-state index contributed by atoms with van der Waals surface area (Å²) in [5.41, 5.74) is 18.3. The van der Waals surface area contributed by atoms with Crippen molar-refractivity contribution < 1.29 is 0 Å². The molecule has 13 rings (SSSR count). The standard InChI is InChI=1S/C68H46N2/c1-4-21-47(22-5-1)52-40-43-66(61(45-52)50-25-8-3-9-26-50)69(53-41-42-55(48-23-6-2-7-24-48)62(46-53)57-35-20-29-49-27-10-12-30-54(49)57)63-36-17-14-32-58(63)59-33-15-18-37-64(59)70-65-38-19-16-34-60(65)68-56-31-13-11-28-51(56)39-44-67(68)70/h1-46H. The summed E-state index contributed by atoms with van der Waals surface area (Å²) < 4.78 is 2.48. The number of aromatic nitrogens is 1. The van der Waals surface area contributed by atoms with E-state index >= 15 is 0 Å². The third-order valence-electron chi connectivity index (χ3n) is 14.0. The SMILES string of the molecule is c1ccc(-c2ccc(N(c3ccc(-c4ccccc4)c(-c4cccc5ccccc45)c3)c3ccccc3-c3ccccc3-n3c4ccccc4c4c5ccccc5ccc43)c(-c3ccccc3)c2)cc1. The van der Waals surface area contributed by atoms with Crippen molar-refractivity contribution in [3.63, 3.8) is 0 Å². The molecule has 0 atom stereocenters. The Morgan fingerprint density at radius 2 is 0.814 bits per heavy atom. The van der Waals surface area contributed by atoms with E-state index in [2.05, 4.69) is 289 Å². The van der Waals surface area contributed by atoms with Gasteiger partial charge in [0.15, 0.2) is 0 Å². The van der Waals surface area contributed by atoms with E-state index in [4.69, 9.17) is 0 Å². The Morgan fingerprint density at radius 3 is 1.59 bits per heavy atom. The lowest BCUT2D eigenvalue weighted by Gasteiger charge is -2.31. The molecule has 0 radical (unpaired) electrons. The quantitative estimate of drug-likeness (QED) is 0.140. The lowest BCUT2D eigenvalue weighted by molar-refractivity contribution is 1.18. The summed E-state index contributed by atoms with van der Waals surface area (Å²) in [7, 11) is 0. The first-order valence-electron chi connectivity index (χ1n) is 24.1. The van der Waals surface area contributed by atoms with E-state index in [0.717, 1.165) is 50.6 Å². The molecule has 0 aliphatic heterocycles. The largest absolute Gasteiger partial charge is 0.309 e. The van der Waals surface area contributed by atoms with Crippen LogP contribution in [0.5, 0.6) is 0 Å². The van der Waals surface area contributed by atoms with Gasteiger partial charge in [0.05, 0.1) is 28.1 Å². The zero-order valence-electron chi connectivity index (χ0n) is 38.5. The number of fused-ring (bicyclic) bond motifs is 6. The summed E-state index contributed by atoms with van der Waals surface area (Å²) in [6.45, 7) is 0. The molecule has 70 heavy (non-hydrogen) atoms. The third-order valence-corrected chi connectivity index (χ3v) is 14.0. The fourth-order valence-electron chi connectivity index (χ4n) is 10.8. The van der Waals surface area contributed by atoms with Crippen LogP contribution in [0.4, 0.5) is 17.1 Å². The number of rotatable bonds is 9. The minimum absolute atomic E-state index is 1.06. The number of para-hydroxylation sites is 3. The van der Waals surface area contributed by atoms with E-state index in [0.29, 0.717) is 0 Å². The third kappa shape index (κ3) is 7.05. The van der Waals surface area contributed by atoms with Crippen LogP contribution in [-0.2, 0) is 0 Å². The molecule has 0 unspecified atom stereocenters. The summed E-state index contributed by atoms with van der Waals surface area (Å²) in [6, 6.07) is 102. The molecule has 1 heterocycles. The fraction of sp³-hybridized carbons (Fsp3) is 0. The van der Waals surface area contributed by atoms with Gasteiger partial charge in [0.25, 0.3) is 0 Å². The number of nitrogens with zero attached hydrogens (tertiary/aromatic N) is 2. The Bertz CT molecular complexity index is 4050. The highest BCUT2D eigenvalue weighted by atomic mass is 15.1. The van der Waals surface area contributed by atoms with Gasteiger partial charge >= 0.3 is 0 Å². The van der Waals surface area contributed by atoms with E-state index in [1.807, 2.05) is 0 Å².